The summed E-state index contributed by atoms with van der Waals surface area (Å²) in [6.45, 7) is 7.51. The molecule has 17 heteroatoms. The Morgan fingerprint density at radius 1 is 0.511 bits per heavy atom. The van der Waals surface area contributed by atoms with Crippen molar-refractivity contribution in [1.82, 2.24) is 26.2 Å². The van der Waals surface area contributed by atoms with Gasteiger partial charge < -0.3 is 55.7 Å². The fourth-order valence-electron chi connectivity index (χ4n) is 10.7. The number of allylic oxidation sites excluding steroid dienone is 8. The van der Waals surface area contributed by atoms with Crippen LogP contribution in [0.4, 0.5) is 4.79 Å². The highest BCUT2D eigenvalue weighted by atomic mass is 16.8. The maximum atomic E-state index is 12.9. The largest absolute Gasteiger partial charge is 0.481 e. The number of carbonyl (C=O) groups excluding carboxylic acids is 3. The van der Waals surface area contributed by atoms with Crippen LogP contribution in [-0.2, 0) is 28.6 Å². The van der Waals surface area contributed by atoms with Gasteiger partial charge in [0.2, 0.25) is 0 Å². The summed E-state index contributed by atoms with van der Waals surface area (Å²) < 4.78 is 20.4. The normalized spacial score (nSPS) is 16.7. The van der Waals surface area contributed by atoms with Crippen molar-refractivity contribution < 1.29 is 58.3 Å². The van der Waals surface area contributed by atoms with Gasteiger partial charge in [0.05, 0.1) is 12.2 Å². The number of rotatable bonds is 57. The number of aliphatic carboxylic acids is 3. The van der Waals surface area contributed by atoms with Gasteiger partial charge in [-0.05, 0) is 167 Å². The molecule has 500 valence electrons. The number of amides is 4. The van der Waals surface area contributed by atoms with Crippen molar-refractivity contribution in [3.05, 3.63) is 84.0 Å². The first kappa shape index (κ1) is 78.7. The van der Waals surface area contributed by atoms with Crippen LogP contribution in [0.15, 0.2) is 72.9 Å². The first-order chi connectivity index (χ1) is 42.7. The van der Waals surface area contributed by atoms with Crippen LogP contribution < -0.4 is 21.3 Å². The molecule has 1 aliphatic rings. The molecule has 1 aliphatic heterocycles. The minimum Gasteiger partial charge on any atom is -0.481 e. The van der Waals surface area contributed by atoms with Crippen molar-refractivity contribution in [2.45, 2.75) is 281 Å². The van der Waals surface area contributed by atoms with E-state index in [0.717, 1.165) is 83.6 Å². The SMILES string of the molecule is CCCCCC=CCC=CCCCCCCCCC1(CCCCCCCCC=CCC=CCCCCC)OC(CCOCCCCCCNC(=O)c2ccc(C(=O)NCCCCC(NC(=O)NC(CCC(=O)O)C(=O)O)C(=O)O)cc2)C(CCN(C)C)O1. The van der Waals surface area contributed by atoms with E-state index in [-0.39, 0.29) is 43.4 Å². The minimum absolute atomic E-state index is 0.00545. The van der Waals surface area contributed by atoms with Crippen LogP contribution in [0.1, 0.15) is 272 Å². The lowest BCUT2D eigenvalue weighted by Crippen LogP contribution is -2.51. The van der Waals surface area contributed by atoms with Gasteiger partial charge in [-0.1, -0.05) is 152 Å². The highest BCUT2D eigenvalue weighted by Gasteiger charge is 2.46. The van der Waals surface area contributed by atoms with E-state index in [1.54, 1.807) is 24.3 Å². The fraction of sp³-hybridized carbons (Fsp3) is 0.718. The summed E-state index contributed by atoms with van der Waals surface area (Å²) in [5.74, 6) is -5.12. The van der Waals surface area contributed by atoms with Crippen LogP contribution in [0.2, 0.25) is 0 Å². The van der Waals surface area contributed by atoms with Crippen LogP contribution in [-0.4, -0.2) is 133 Å². The summed E-state index contributed by atoms with van der Waals surface area (Å²) in [6.07, 6.45) is 55.4. The molecule has 1 aromatic carbocycles. The quantitative estimate of drug-likeness (QED) is 0.0237. The average molecular weight is 1230 g/mol. The third-order valence-corrected chi connectivity index (χ3v) is 16.0. The molecule has 88 heavy (non-hydrogen) atoms. The van der Waals surface area contributed by atoms with Gasteiger partial charge in [-0.15, -0.1) is 0 Å². The van der Waals surface area contributed by atoms with E-state index in [1.807, 2.05) is 0 Å². The molecule has 0 aliphatic carbocycles. The molecule has 2 rings (SSSR count). The third-order valence-electron chi connectivity index (χ3n) is 16.0. The molecule has 0 spiro atoms. The van der Waals surface area contributed by atoms with Crippen molar-refractivity contribution in [2.24, 2.45) is 0 Å². The third kappa shape index (κ3) is 41.0. The van der Waals surface area contributed by atoms with Crippen LogP contribution in [0.3, 0.4) is 0 Å². The van der Waals surface area contributed by atoms with Crippen molar-refractivity contribution in [3.8, 4) is 0 Å². The molecule has 0 radical (unpaired) electrons. The van der Waals surface area contributed by atoms with Crippen LogP contribution in [0.5, 0.6) is 0 Å². The monoisotopic (exact) mass is 1230 g/mol. The Balaban J connectivity index is 1.76. The van der Waals surface area contributed by atoms with E-state index in [2.05, 4.69) is 103 Å². The topological polar surface area (TPSA) is 242 Å². The van der Waals surface area contributed by atoms with Crippen LogP contribution >= 0.6 is 0 Å². The second-order valence-electron chi connectivity index (χ2n) is 24.2. The number of nitrogens with zero attached hydrogens (tertiary/aromatic N) is 1. The molecule has 4 atom stereocenters. The number of unbranched alkanes of at least 4 members (excludes halogenated alkanes) is 22. The van der Waals surface area contributed by atoms with E-state index >= 15 is 0 Å². The Bertz CT molecular complexity index is 2080. The van der Waals surface area contributed by atoms with E-state index < -0.39 is 48.2 Å². The number of nitrogens with one attached hydrogen (secondary N) is 4. The van der Waals surface area contributed by atoms with Gasteiger partial charge in [-0.3, -0.25) is 14.4 Å². The molecular formula is C71H119N5O12. The Hall–Kier alpha value is -5.36. The van der Waals surface area contributed by atoms with E-state index in [4.69, 9.17) is 19.3 Å². The van der Waals surface area contributed by atoms with Gasteiger partial charge in [0, 0.05) is 63.2 Å². The number of carboxylic acid groups (broad SMARTS) is 3. The van der Waals surface area contributed by atoms with Crippen LogP contribution in [0.25, 0.3) is 0 Å². The van der Waals surface area contributed by atoms with Gasteiger partial charge in [-0.25, -0.2) is 14.4 Å². The average Bonchev–Trinajstić information content (AvgIpc) is 3.70. The molecule has 0 saturated carbocycles. The van der Waals surface area contributed by atoms with E-state index in [9.17, 15) is 39.0 Å². The summed E-state index contributed by atoms with van der Waals surface area (Å²) in [6, 6.07) is 2.46. The first-order valence-corrected chi connectivity index (χ1v) is 34.3. The summed E-state index contributed by atoms with van der Waals surface area (Å²) >= 11 is 0. The lowest BCUT2D eigenvalue weighted by atomic mass is 9.98. The highest BCUT2D eigenvalue weighted by molar-refractivity contribution is 5.97. The number of urea groups is 1. The molecule has 1 aromatic rings. The predicted molar refractivity (Wildman–Crippen MR) is 354 cm³/mol. The molecule has 1 saturated heterocycles. The molecule has 0 bridgehead atoms. The molecule has 0 aromatic heterocycles. The van der Waals surface area contributed by atoms with Gasteiger partial charge in [0.1, 0.15) is 12.1 Å². The number of hydrogen-bond donors (Lipinski definition) is 7. The van der Waals surface area contributed by atoms with Gasteiger partial charge in [-0.2, -0.15) is 0 Å². The lowest BCUT2D eigenvalue weighted by molar-refractivity contribution is -0.188. The zero-order valence-corrected chi connectivity index (χ0v) is 54.9. The Kier molecular flexibility index (Phi) is 46.9. The van der Waals surface area contributed by atoms with Crippen molar-refractivity contribution in [1.29, 1.82) is 0 Å². The Morgan fingerprint density at radius 3 is 1.38 bits per heavy atom. The molecular weight excluding hydrogens is 1110 g/mol. The zero-order valence-electron chi connectivity index (χ0n) is 54.9. The Labute approximate surface area is 530 Å². The number of carbonyl (C=O) groups is 6. The highest BCUT2D eigenvalue weighted by Crippen LogP contribution is 2.40. The van der Waals surface area contributed by atoms with E-state index in [0.29, 0.717) is 43.7 Å². The second-order valence-corrected chi connectivity index (χ2v) is 24.2. The maximum Gasteiger partial charge on any atom is 0.326 e. The van der Waals surface area contributed by atoms with Crippen molar-refractivity contribution >= 4 is 35.8 Å². The molecule has 7 N–H and O–H groups in total. The van der Waals surface area contributed by atoms with Crippen molar-refractivity contribution in [2.75, 3.05) is 46.9 Å². The second kappa shape index (κ2) is 52.4. The predicted octanol–water partition coefficient (Wildman–Crippen LogP) is 15.2. The fourth-order valence-corrected chi connectivity index (χ4v) is 10.7. The molecule has 1 heterocycles. The standard InChI is InChI=1S/C71H119N5O12/c1-5-7-9-11-13-15-17-19-21-23-25-27-29-31-33-38-52-71(53-39-34-32-30-28-26-24-22-20-18-16-14-12-10-8-6-2)87-63(50-56-76(3)4)64(88-71)51-58-86-57-42-36-35-40-54-72-66(79)59-44-46-60(47-45-59)67(80)73-55-41-37-43-61(68(81)82)74-70(85)75-62(69(83)84)48-49-65(77)78/h13-16,19-22,44-47,61-64H,5-12,17-18,23-43,48-58H2,1-4H3,(H,72,79)(H,73,80)(H,77,78)(H,81,82)(H,83,84)(H2,74,75,85). The molecule has 4 unspecified atom stereocenters. The lowest BCUT2D eigenvalue weighted by Gasteiger charge is -2.29. The van der Waals surface area contributed by atoms with Gasteiger partial charge >= 0.3 is 23.9 Å². The summed E-state index contributed by atoms with van der Waals surface area (Å²) in [7, 11) is 4.25. The van der Waals surface area contributed by atoms with Crippen LogP contribution in [0, 0.1) is 0 Å². The molecule has 17 nitrogen and oxygen atoms in total. The smallest absolute Gasteiger partial charge is 0.326 e. The van der Waals surface area contributed by atoms with Crippen molar-refractivity contribution in [3.63, 3.8) is 0 Å². The molecule has 1 fully saturated rings. The van der Waals surface area contributed by atoms with Gasteiger partial charge in [0.15, 0.2) is 5.79 Å². The number of hydrogen-bond acceptors (Lipinski definition) is 10. The minimum atomic E-state index is -1.50. The van der Waals surface area contributed by atoms with Gasteiger partial charge in [0.25, 0.3) is 11.8 Å². The molecule has 4 amide bonds. The van der Waals surface area contributed by atoms with E-state index in [1.165, 1.54) is 128 Å². The zero-order chi connectivity index (χ0) is 64.1. The number of carboxylic acids is 3. The first-order valence-electron chi connectivity index (χ1n) is 34.3. The summed E-state index contributed by atoms with van der Waals surface area (Å²) in [4.78, 5) is 74.1. The number of ether oxygens (including phenoxy) is 3. The summed E-state index contributed by atoms with van der Waals surface area (Å²) in [5.41, 5.74) is 0.790. The maximum absolute atomic E-state index is 12.9. The Morgan fingerprint density at radius 2 is 0.920 bits per heavy atom. The summed E-state index contributed by atoms with van der Waals surface area (Å²) in [5, 5.41) is 37.7. The number of benzene rings is 1.